The number of hydrogen-bond donors (Lipinski definition) is 0. The minimum atomic E-state index is 0. The van der Waals surface area contributed by atoms with Crippen LogP contribution in [0.4, 0.5) is 0 Å². The Balaban J connectivity index is 0. The van der Waals surface area contributed by atoms with Gasteiger partial charge in [0.05, 0.1) is 0 Å². The molecule has 19 valence electrons. The molecule has 4 heavy (non-hydrogen) atoms. The van der Waals surface area contributed by atoms with E-state index in [1.54, 1.807) is 0 Å². The summed E-state index contributed by atoms with van der Waals surface area (Å²) in [6, 6.07) is 0. The van der Waals surface area contributed by atoms with Crippen LogP contribution in [0.2, 0.25) is 0 Å². The van der Waals surface area contributed by atoms with Crippen molar-refractivity contribution in [3.63, 3.8) is 0 Å². The van der Waals surface area contributed by atoms with Crippen LogP contribution in [0.1, 0.15) is 0 Å². The molecule has 0 fully saturated rings. The Morgan fingerprint density at radius 3 is 1.00 bits per heavy atom. The van der Waals surface area contributed by atoms with E-state index in [9.17, 15) is 0 Å². The van der Waals surface area contributed by atoms with E-state index >= 15 is 0 Å². The third kappa shape index (κ3) is 9.18. The van der Waals surface area contributed by atoms with Crippen LogP contribution >= 0.6 is 0 Å². The fourth-order valence-corrected chi connectivity index (χ4v) is 0. The maximum atomic E-state index is 0. The summed E-state index contributed by atoms with van der Waals surface area (Å²) in [5.41, 5.74) is 0. The van der Waals surface area contributed by atoms with Crippen molar-refractivity contribution in [3.05, 3.63) is 0 Å². The molecule has 0 amide bonds. The number of rotatable bonds is 0. The van der Waals surface area contributed by atoms with E-state index in [-0.39, 0.29) is 111 Å². The van der Waals surface area contributed by atoms with Crippen molar-refractivity contribution in [1.29, 1.82) is 0 Å². The molecule has 4 heteroatoms. The molecule has 0 N–H and O–H groups in total. The maximum absolute atomic E-state index is 0. The Morgan fingerprint density at radius 1 is 1.00 bits per heavy atom. The quantitative estimate of drug-likeness (QED) is 0.471. The predicted molar refractivity (Wildman–Crippen MR) is 5.75 cm³/mol. The van der Waals surface area contributed by atoms with Crippen LogP contribution in [-0.2, 0) is 38.1 Å². The molecule has 0 nitrogen and oxygen atoms in total. The zero-order valence-corrected chi connectivity index (χ0v) is 11.9. The van der Waals surface area contributed by atoms with Gasteiger partial charge in [0.15, 0.2) is 0 Å². The van der Waals surface area contributed by atoms with Crippen molar-refractivity contribution in [2.24, 2.45) is 0 Å². The van der Waals surface area contributed by atoms with Crippen molar-refractivity contribution in [2.45, 2.75) is 0 Å². The van der Waals surface area contributed by atoms with Crippen LogP contribution in [0.3, 0.4) is 0 Å². The van der Waals surface area contributed by atoms with Crippen molar-refractivity contribution >= 4 is 37.7 Å². The molecule has 0 unspecified atom stereocenters. The second-order valence-corrected chi connectivity index (χ2v) is 0. The predicted octanol–water partition coefficient (Wildman–Crippen LogP) is -0.386. The van der Waals surface area contributed by atoms with Gasteiger partial charge in [0, 0.05) is 111 Å². The van der Waals surface area contributed by atoms with Gasteiger partial charge in [-0.25, -0.2) is 0 Å². The Labute approximate surface area is 109 Å². The van der Waals surface area contributed by atoms with Crippen LogP contribution < -0.4 is 0 Å². The Kier molecular flexibility index (Phi) is 101. The molecule has 0 heterocycles. The van der Waals surface area contributed by atoms with Crippen molar-refractivity contribution in [1.82, 2.24) is 0 Å². The summed E-state index contributed by atoms with van der Waals surface area (Å²) in [7, 11) is 0. The molecular weight excluding hydrogens is 419 g/mol. The molecule has 0 spiro atoms. The average molecular weight is 419 g/mol. The third-order valence-corrected chi connectivity index (χ3v) is 0. The molecule has 3 radical (unpaired) electrons. The summed E-state index contributed by atoms with van der Waals surface area (Å²) in [5, 5.41) is 0. The van der Waals surface area contributed by atoms with Crippen LogP contribution in [-0.4, -0.2) is 37.7 Å². The van der Waals surface area contributed by atoms with Gasteiger partial charge in [-0.2, -0.15) is 0 Å². The van der Waals surface area contributed by atoms with E-state index in [0.29, 0.717) is 0 Å². The van der Waals surface area contributed by atoms with E-state index in [4.69, 9.17) is 0 Å². The second kappa shape index (κ2) is 15.9. The van der Waals surface area contributed by atoms with Crippen molar-refractivity contribution in [3.8, 4) is 0 Å². The van der Waals surface area contributed by atoms with Gasteiger partial charge >= 0.3 is 0 Å². The van der Waals surface area contributed by atoms with Crippen LogP contribution in [0, 0.1) is 35.6 Å². The van der Waals surface area contributed by atoms with E-state index in [2.05, 4.69) is 0 Å². The van der Waals surface area contributed by atoms with E-state index in [0.717, 1.165) is 0 Å². The van der Waals surface area contributed by atoms with E-state index in [1.807, 2.05) is 0 Å². The molecule has 0 aromatic rings. The number of hydrogen-bond acceptors (Lipinski definition) is 0. The zero-order valence-electron chi connectivity index (χ0n) is 2.05. The maximum Gasteiger partial charge on any atom is 0 e. The monoisotopic (exact) mass is 419 g/mol. The second-order valence-electron chi connectivity index (χ2n) is 0. The van der Waals surface area contributed by atoms with Crippen molar-refractivity contribution in [2.75, 3.05) is 0 Å². The van der Waals surface area contributed by atoms with Crippen LogP contribution in [0.15, 0.2) is 0 Å². The van der Waals surface area contributed by atoms with Crippen LogP contribution in [0.5, 0.6) is 0 Å². The van der Waals surface area contributed by atoms with E-state index in [1.165, 1.54) is 0 Å². The van der Waals surface area contributed by atoms with Crippen molar-refractivity contribution < 1.29 is 73.7 Å². The smallest absolute Gasteiger partial charge is 0 e. The fourth-order valence-electron chi connectivity index (χ4n) is 0. The summed E-state index contributed by atoms with van der Waals surface area (Å²) in [4.78, 5) is 0. The summed E-state index contributed by atoms with van der Waals surface area (Å²) in [5.74, 6) is 0. The third-order valence-electron chi connectivity index (χ3n) is 0. The summed E-state index contributed by atoms with van der Waals surface area (Å²) < 4.78 is 0. The van der Waals surface area contributed by atoms with Gasteiger partial charge in [-0.05, 0) is 0 Å². The van der Waals surface area contributed by atoms with Gasteiger partial charge in [-0.15, -0.1) is 0 Å². The van der Waals surface area contributed by atoms with Gasteiger partial charge < -0.3 is 0 Å². The molecule has 0 saturated heterocycles. The first kappa shape index (κ1) is 25.4. The minimum absolute atomic E-state index is 0. The molecule has 0 aromatic carbocycles. The largest absolute Gasteiger partial charge is 0 e. The Bertz CT molecular complexity index is 8.00. The fraction of sp³-hybridized carbons (Fsp3) is 0. The standard InChI is InChI=1S/Ca.Fe.La.W. The molecule has 0 aliphatic rings. The summed E-state index contributed by atoms with van der Waals surface area (Å²) in [6.07, 6.45) is 0. The first-order valence-electron chi connectivity index (χ1n) is 0. The molecule has 0 aromatic heterocycles. The zero-order chi connectivity index (χ0) is 0. The Hall–Kier alpha value is 3.66. The molecule has 0 bridgehead atoms. The minimum Gasteiger partial charge on any atom is 0 e. The van der Waals surface area contributed by atoms with E-state index < -0.39 is 0 Å². The first-order valence-corrected chi connectivity index (χ1v) is 0. The van der Waals surface area contributed by atoms with Crippen LogP contribution in [0.25, 0.3) is 0 Å². The molecule has 0 aliphatic heterocycles. The SMILES string of the molecule is [Ca].[Fe].[La].[W]. The van der Waals surface area contributed by atoms with Gasteiger partial charge in [-0.3, -0.25) is 0 Å². The first-order chi connectivity index (χ1) is 0. The van der Waals surface area contributed by atoms with Gasteiger partial charge in [0.1, 0.15) is 0 Å². The van der Waals surface area contributed by atoms with Gasteiger partial charge in [0.2, 0.25) is 0 Å². The average Bonchev–Trinajstić information content (AvgIpc) is 0. The summed E-state index contributed by atoms with van der Waals surface area (Å²) in [6.45, 7) is 0. The topological polar surface area (TPSA) is 0 Å². The molecule has 0 rings (SSSR count). The molecule has 0 atom stereocenters. The van der Waals surface area contributed by atoms with Gasteiger partial charge in [-0.1, -0.05) is 0 Å². The Morgan fingerprint density at radius 2 is 1.00 bits per heavy atom. The summed E-state index contributed by atoms with van der Waals surface area (Å²) >= 11 is 0. The van der Waals surface area contributed by atoms with Gasteiger partial charge in [0.25, 0.3) is 0 Å². The molecule has 0 aliphatic carbocycles. The molecular formula is CaFeLaW. The normalized spacial score (nSPS) is 0. The molecule has 0 saturated carbocycles.